The van der Waals surface area contributed by atoms with E-state index in [0.29, 0.717) is 12.6 Å². The minimum atomic E-state index is 0.587. The summed E-state index contributed by atoms with van der Waals surface area (Å²) in [5.74, 6) is 0. The van der Waals surface area contributed by atoms with Gasteiger partial charge in [-0.15, -0.1) is 0 Å². The molecule has 0 saturated heterocycles. The quantitative estimate of drug-likeness (QED) is 0.748. The van der Waals surface area contributed by atoms with Crippen LogP contribution in [0.1, 0.15) is 37.4 Å². The number of rotatable bonds is 4. The Morgan fingerprint density at radius 1 is 1.17 bits per heavy atom. The number of anilines is 1. The van der Waals surface area contributed by atoms with Gasteiger partial charge < -0.3 is 5.32 Å². The third kappa shape index (κ3) is 3.04. The molecule has 0 spiro atoms. The fourth-order valence-corrected chi connectivity index (χ4v) is 3.47. The lowest BCUT2D eigenvalue weighted by Crippen LogP contribution is -2.07. The van der Waals surface area contributed by atoms with Crippen molar-refractivity contribution in [1.82, 2.24) is 14.8 Å². The van der Waals surface area contributed by atoms with Crippen LogP contribution in [0.25, 0.3) is 10.9 Å². The van der Waals surface area contributed by atoms with Crippen LogP contribution in [-0.4, -0.2) is 14.8 Å². The van der Waals surface area contributed by atoms with E-state index in [-0.39, 0.29) is 0 Å². The maximum Gasteiger partial charge on any atom is 0.0815 e. The van der Waals surface area contributed by atoms with Gasteiger partial charge in [0.1, 0.15) is 0 Å². The average molecular weight is 327 g/mol. The predicted octanol–water partition coefficient (Wildman–Crippen LogP) is 4.81. The molecule has 1 aliphatic rings. The van der Waals surface area contributed by atoms with Crippen molar-refractivity contribution in [3.8, 4) is 0 Å². The molecule has 118 valence electrons. The van der Waals surface area contributed by atoms with Crippen LogP contribution >= 0.6 is 11.6 Å². The minimum absolute atomic E-state index is 0.587. The van der Waals surface area contributed by atoms with Gasteiger partial charge in [0.25, 0.3) is 0 Å². The molecule has 1 aliphatic carbocycles. The van der Waals surface area contributed by atoms with Crippen molar-refractivity contribution in [2.45, 2.75) is 38.3 Å². The van der Waals surface area contributed by atoms with Crippen molar-refractivity contribution in [1.29, 1.82) is 0 Å². The summed E-state index contributed by atoms with van der Waals surface area (Å²) < 4.78 is 2.13. The summed E-state index contributed by atoms with van der Waals surface area (Å²) in [6.07, 6.45) is 9.07. The number of halogens is 1. The highest BCUT2D eigenvalue weighted by Gasteiger charge is 2.17. The molecule has 0 bridgehead atoms. The van der Waals surface area contributed by atoms with Gasteiger partial charge in [-0.25, -0.2) is 0 Å². The number of aromatic nitrogens is 3. The SMILES string of the molecule is Clc1ccc2nccc(NCc3ccn(C4CCCC4)n3)c2c1. The molecule has 4 rings (SSSR count). The van der Waals surface area contributed by atoms with Crippen molar-refractivity contribution >= 4 is 28.2 Å². The zero-order chi connectivity index (χ0) is 15.6. The monoisotopic (exact) mass is 326 g/mol. The Hall–Kier alpha value is -2.07. The third-order valence-corrected chi connectivity index (χ3v) is 4.76. The summed E-state index contributed by atoms with van der Waals surface area (Å²) in [6.45, 7) is 0.700. The maximum atomic E-state index is 6.11. The fourth-order valence-electron chi connectivity index (χ4n) is 3.30. The normalized spacial score (nSPS) is 15.3. The Balaban J connectivity index is 1.52. The van der Waals surface area contributed by atoms with Crippen molar-refractivity contribution in [2.24, 2.45) is 0 Å². The first-order valence-electron chi connectivity index (χ1n) is 8.12. The van der Waals surface area contributed by atoms with E-state index in [1.54, 1.807) is 0 Å². The van der Waals surface area contributed by atoms with Gasteiger partial charge in [-0.3, -0.25) is 9.67 Å². The zero-order valence-electron chi connectivity index (χ0n) is 12.9. The van der Waals surface area contributed by atoms with Gasteiger partial charge in [0.05, 0.1) is 23.8 Å². The highest BCUT2D eigenvalue weighted by atomic mass is 35.5. The second kappa shape index (κ2) is 6.20. The first-order chi connectivity index (χ1) is 11.3. The molecule has 0 amide bonds. The van der Waals surface area contributed by atoms with Crippen LogP contribution in [0.3, 0.4) is 0 Å². The van der Waals surface area contributed by atoms with Crippen LogP contribution < -0.4 is 5.32 Å². The lowest BCUT2D eigenvalue weighted by molar-refractivity contribution is 0.463. The predicted molar refractivity (Wildman–Crippen MR) is 93.8 cm³/mol. The van der Waals surface area contributed by atoms with Crippen LogP contribution in [0.2, 0.25) is 5.02 Å². The summed E-state index contributed by atoms with van der Waals surface area (Å²) in [7, 11) is 0. The van der Waals surface area contributed by atoms with Gasteiger partial charge in [-0.2, -0.15) is 5.10 Å². The van der Waals surface area contributed by atoms with Crippen molar-refractivity contribution in [3.63, 3.8) is 0 Å². The molecule has 0 radical (unpaired) electrons. The number of nitrogens with zero attached hydrogens (tertiary/aromatic N) is 3. The summed E-state index contributed by atoms with van der Waals surface area (Å²) in [6, 6.07) is 10.4. The van der Waals surface area contributed by atoms with E-state index in [1.807, 2.05) is 30.5 Å². The van der Waals surface area contributed by atoms with Gasteiger partial charge in [0.15, 0.2) is 0 Å². The Kier molecular flexibility index (Phi) is 3.92. The zero-order valence-corrected chi connectivity index (χ0v) is 13.6. The Bertz CT molecular complexity index is 821. The van der Waals surface area contributed by atoms with Crippen LogP contribution in [0.15, 0.2) is 42.7 Å². The summed E-state index contributed by atoms with van der Waals surface area (Å²) in [5, 5.41) is 9.94. The van der Waals surface area contributed by atoms with Gasteiger partial charge in [0.2, 0.25) is 0 Å². The molecule has 1 N–H and O–H groups in total. The van der Waals surface area contributed by atoms with E-state index in [1.165, 1.54) is 25.7 Å². The van der Waals surface area contributed by atoms with Gasteiger partial charge in [0, 0.05) is 28.5 Å². The second-order valence-corrected chi connectivity index (χ2v) is 6.54. The smallest absolute Gasteiger partial charge is 0.0815 e. The van der Waals surface area contributed by atoms with E-state index in [9.17, 15) is 0 Å². The van der Waals surface area contributed by atoms with Gasteiger partial charge in [-0.1, -0.05) is 24.4 Å². The first kappa shape index (κ1) is 14.5. The Morgan fingerprint density at radius 2 is 2.04 bits per heavy atom. The molecule has 1 saturated carbocycles. The van der Waals surface area contributed by atoms with Crippen molar-refractivity contribution in [2.75, 3.05) is 5.32 Å². The molecule has 4 nitrogen and oxygen atoms in total. The molecular formula is C18H19ClN4. The highest BCUT2D eigenvalue weighted by molar-refractivity contribution is 6.31. The molecule has 1 fully saturated rings. The largest absolute Gasteiger partial charge is 0.379 e. The van der Waals surface area contributed by atoms with Crippen molar-refractivity contribution < 1.29 is 0 Å². The van der Waals surface area contributed by atoms with Crippen LogP contribution in [0, 0.1) is 0 Å². The number of fused-ring (bicyclic) bond motifs is 1. The Morgan fingerprint density at radius 3 is 2.91 bits per heavy atom. The molecule has 5 heteroatoms. The summed E-state index contributed by atoms with van der Waals surface area (Å²) >= 11 is 6.11. The Labute approximate surface area is 140 Å². The topological polar surface area (TPSA) is 42.7 Å². The lowest BCUT2D eigenvalue weighted by atomic mass is 10.2. The standard InChI is InChI=1S/C18H19ClN4/c19-13-5-6-17-16(11-13)18(7-9-20-17)21-12-14-8-10-23(22-14)15-3-1-2-4-15/h5-11,15H,1-4,12H2,(H,20,21). The van der Waals surface area contributed by atoms with Crippen LogP contribution in [0.4, 0.5) is 5.69 Å². The van der Waals surface area contributed by atoms with E-state index in [2.05, 4.69) is 27.2 Å². The number of nitrogens with one attached hydrogen (secondary N) is 1. The maximum absolute atomic E-state index is 6.11. The number of benzene rings is 1. The number of hydrogen-bond acceptors (Lipinski definition) is 3. The molecule has 3 aromatic rings. The molecule has 23 heavy (non-hydrogen) atoms. The molecule has 0 unspecified atom stereocenters. The van der Waals surface area contributed by atoms with Crippen LogP contribution in [-0.2, 0) is 6.54 Å². The molecule has 2 heterocycles. The van der Waals surface area contributed by atoms with E-state index < -0.39 is 0 Å². The van der Waals surface area contributed by atoms with Crippen LogP contribution in [0.5, 0.6) is 0 Å². The summed E-state index contributed by atoms with van der Waals surface area (Å²) in [5.41, 5.74) is 3.03. The van der Waals surface area contributed by atoms with Crippen molar-refractivity contribution in [3.05, 3.63) is 53.4 Å². The van der Waals surface area contributed by atoms with Gasteiger partial charge in [-0.05, 0) is 43.2 Å². The summed E-state index contributed by atoms with van der Waals surface area (Å²) in [4.78, 5) is 4.38. The van der Waals surface area contributed by atoms with Gasteiger partial charge >= 0.3 is 0 Å². The number of hydrogen-bond donors (Lipinski definition) is 1. The molecule has 0 atom stereocenters. The average Bonchev–Trinajstić information content (AvgIpc) is 3.24. The van der Waals surface area contributed by atoms with E-state index in [4.69, 9.17) is 16.7 Å². The molecule has 0 aliphatic heterocycles. The third-order valence-electron chi connectivity index (χ3n) is 4.53. The molecular weight excluding hydrogens is 308 g/mol. The number of pyridine rings is 1. The minimum Gasteiger partial charge on any atom is -0.379 e. The molecule has 2 aromatic heterocycles. The molecule has 1 aromatic carbocycles. The lowest BCUT2D eigenvalue weighted by Gasteiger charge is -2.10. The highest BCUT2D eigenvalue weighted by Crippen LogP contribution is 2.29. The van der Waals surface area contributed by atoms with E-state index in [0.717, 1.165) is 27.3 Å². The second-order valence-electron chi connectivity index (χ2n) is 6.10. The fraction of sp³-hybridized carbons (Fsp3) is 0.333. The van der Waals surface area contributed by atoms with E-state index >= 15 is 0 Å². The first-order valence-corrected chi connectivity index (χ1v) is 8.49.